The van der Waals surface area contributed by atoms with Crippen molar-refractivity contribution < 1.29 is 0 Å². The number of aromatic nitrogens is 4. The molecule has 2 aromatic rings. The summed E-state index contributed by atoms with van der Waals surface area (Å²) in [6.07, 6.45) is 3.75. The first-order valence-corrected chi connectivity index (χ1v) is 7.22. The Labute approximate surface area is 118 Å². The summed E-state index contributed by atoms with van der Waals surface area (Å²) in [4.78, 5) is 0. The zero-order valence-electron chi connectivity index (χ0n) is 11.5. The van der Waals surface area contributed by atoms with Crippen LogP contribution >= 0.6 is 0 Å². The Bertz CT molecular complexity index is 517. The lowest BCUT2D eigenvalue weighted by Crippen LogP contribution is -2.30. The second-order valence-corrected chi connectivity index (χ2v) is 5.18. The maximum atomic E-state index is 4.05. The molecule has 1 aromatic heterocycles. The average Bonchev–Trinajstić information content (AvgIpc) is 2.98. The van der Waals surface area contributed by atoms with Gasteiger partial charge >= 0.3 is 0 Å². The van der Waals surface area contributed by atoms with Gasteiger partial charge in [0, 0.05) is 6.54 Å². The van der Waals surface area contributed by atoms with Crippen molar-refractivity contribution in [3.8, 4) is 5.69 Å². The number of hydrogen-bond donors (Lipinski definition) is 2. The van der Waals surface area contributed by atoms with Gasteiger partial charge in [0.2, 0.25) is 5.95 Å². The lowest BCUT2D eigenvalue weighted by Gasteiger charge is -2.22. The van der Waals surface area contributed by atoms with E-state index in [-0.39, 0.29) is 0 Å². The Kier molecular flexibility index (Phi) is 4.22. The van der Waals surface area contributed by atoms with Gasteiger partial charge in [-0.1, -0.05) is 23.3 Å². The molecule has 2 heterocycles. The summed E-state index contributed by atoms with van der Waals surface area (Å²) < 4.78 is 1.74. The highest BCUT2D eigenvalue weighted by molar-refractivity contribution is 5.38. The summed E-state index contributed by atoms with van der Waals surface area (Å²) in [5, 5.41) is 18.6. The van der Waals surface area contributed by atoms with Crippen molar-refractivity contribution in [2.45, 2.75) is 19.3 Å². The van der Waals surface area contributed by atoms with Crippen LogP contribution in [0.15, 0.2) is 30.3 Å². The lowest BCUT2D eigenvalue weighted by molar-refractivity contribution is 0.364. The van der Waals surface area contributed by atoms with E-state index in [0.29, 0.717) is 5.95 Å². The van der Waals surface area contributed by atoms with Gasteiger partial charge in [0.15, 0.2) is 0 Å². The van der Waals surface area contributed by atoms with Crippen LogP contribution in [0, 0.1) is 5.92 Å². The van der Waals surface area contributed by atoms with Crippen LogP contribution in [0.1, 0.15) is 19.3 Å². The van der Waals surface area contributed by atoms with Crippen molar-refractivity contribution in [1.82, 2.24) is 25.5 Å². The minimum Gasteiger partial charge on any atom is -0.353 e. The molecule has 6 heteroatoms. The van der Waals surface area contributed by atoms with E-state index >= 15 is 0 Å². The summed E-state index contributed by atoms with van der Waals surface area (Å²) in [5.41, 5.74) is 0.972. The van der Waals surface area contributed by atoms with E-state index in [1.54, 1.807) is 4.68 Å². The van der Waals surface area contributed by atoms with Gasteiger partial charge in [-0.2, -0.15) is 4.68 Å². The van der Waals surface area contributed by atoms with Crippen molar-refractivity contribution in [2.75, 3.05) is 25.0 Å². The van der Waals surface area contributed by atoms with E-state index in [1.807, 2.05) is 30.3 Å². The first kappa shape index (κ1) is 13.1. The third-order valence-electron chi connectivity index (χ3n) is 3.70. The molecule has 0 spiro atoms. The molecule has 1 aromatic carbocycles. The van der Waals surface area contributed by atoms with Gasteiger partial charge in [-0.05, 0) is 60.8 Å². The number of anilines is 1. The average molecular weight is 272 g/mol. The Hall–Kier alpha value is -1.95. The second-order valence-electron chi connectivity index (χ2n) is 5.18. The smallest absolute Gasteiger partial charge is 0.247 e. The molecule has 6 nitrogen and oxygen atoms in total. The van der Waals surface area contributed by atoms with E-state index in [2.05, 4.69) is 26.2 Å². The topological polar surface area (TPSA) is 67.7 Å². The van der Waals surface area contributed by atoms with Crippen molar-refractivity contribution in [1.29, 1.82) is 0 Å². The van der Waals surface area contributed by atoms with E-state index < -0.39 is 0 Å². The van der Waals surface area contributed by atoms with Crippen LogP contribution in [-0.2, 0) is 0 Å². The maximum Gasteiger partial charge on any atom is 0.247 e. The molecule has 3 rings (SSSR count). The van der Waals surface area contributed by atoms with Crippen LogP contribution in [0.4, 0.5) is 5.95 Å². The minimum atomic E-state index is 0.708. The molecule has 2 N–H and O–H groups in total. The molecule has 1 aliphatic rings. The van der Waals surface area contributed by atoms with Gasteiger partial charge in [0.05, 0.1) is 5.69 Å². The van der Waals surface area contributed by atoms with Crippen LogP contribution < -0.4 is 10.6 Å². The highest BCUT2D eigenvalue weighted by Gasteiger charge is 2.13. The number of para-hydroxylation sites is 1. The van der Waals surface area contributed by atoms with Crippen LogP contribution in [0.2, 0.25) is 0 Å². The Morgan fingerprint density at radius 1 is 1.30 bits per heavy atom. The van der Waals surface area contributed by atoms with Crippen molar-refractivity contribution in [2.24, 2.45) is 5.92 Å². The number of hydrogen-bond acceptors (Lipinski definition) is 5. The minimum absolute atomic E-state index is 0.708. The van der Waals surface area contributed by atoms with E-state index in [1.165, 1.54) is 12.8 Å². The van der Waals surface area contributed by atoms with E-state index in [9.17, 15) is 0 Å². The highest BCUT2D eigenvalue weighted by atomic mass is 15.6. The molecule has 1 aliphatic heterocycles. The van der Waals surface area contributed by atoms with Crippen LogP contribution in [0.25, 0.3) is 5.69 Å². The number of tetrazole rings is 1. The summed E-state index contributed by atoms with van der Waals surface area (Å²) in [6, 6.07) is 9.93. The first-order valence-electron chi connectivity index (χ1n) is 7.22. The fourth-order valence-corrected chi connectivity index (χ4v) is 2.60. The SMILES string of the molecule is c1ccc(-n2nnnc2NCCC2CCCNC2)cc1. The summed E-state index contributed by atoms with van der Waals surface area (Å²) in [5.74, 6) is 1.47. The molecule has 1 unspecified atom stereocenters. The van der Waals surface area contributed by atoms with Crippen LogP contribution in [0.3, 0.4) is 0 Å². The first-order chi connectivity index (χ1) is 9.93. The predicted molar refractivity (Wildman–Crippen MR) is 77.9 cm³/mol. The number of nitrogens with zero attached hydrogens (tertiary/aromatic N) is 4. The quantitative estimate of drug-likeness (QED) is 0.862. The largest absolute Gasteiger partial charge is 0.353 e. The van der Waals surface area contributed by atoms with Crippen molar-refractivity contribution >= 4 is 5.95 Å². The third kappa shape index (κ3) is 3.14. The predicted octanol–water partition coefficient (Wildman–Crippen LogP) is 1.46. The zero-order chi connectivity index (χ0) is 13.6. The van der Waals surface area contributed by atoms with Crippen LogP contribution in [0.5, 0.6) is 0 Å². The number of piperidine rings is 1. The zero-order valence-corrected chi connectivity index (χ0v) is 11.5. The van der Waals surface area contributed by atoms with Gasteiger partial charge in [-0.3, -0.25) is 0 Å². The highest BCUT2D eigenvalue weighted by Crippen LogP contribution is 2.15. The van der Waals surface area contributed by atoms with Gasteiger partial charge in [0.1, 0.15) is 0 Å². The lowest BCUT2D eigenvalue weighted by atomic mass is 9.96. The monoisotopic (exact) mass is 272 g/mol. The Balaban J connectivity index is 1.57. The molecule has 0 bridgehead atoms. The molecule has 1 atom stereocenters. The maximum absolute atomic E-state index is 4.05. The summed E-state index contributed by atoms with van der Waals surface area (Å²) in [7, 11) is 0. The Morgan fingerprint density at radius 2 is 2.20 bits per heavy atom. The van der Waals surface area contributed by atoms with Crippen LogP contribution in [-0.4, -0.2) is 39.8 Å². The Morgan fingerprint density at radius 3 is 3.00 bits per heavy atom. The van der Waals surface area contributed by atoms with Crippen molar-refractivity contribution in [3.63, 3.8) is 0 Å². The van der Waals surface area contributed by atoms with Gasteiger partial charge in [-0.25, -0.2) is 0 Å². The molecule has 0 saturated carbocycles. The molecule has 0 radical (unpaired) electrons. The number of nitrogens with one attached hydrogen (secondary N) is 2. The van der Waals surface area contributed by atoms with Gasteiger partial charge < -0.3 is 10.6 Å². The molecule has 1 saturated heterocycles. The van der Waals surface area contributed by atoms with Gasteiger partial charge in [-0.15, -0.1) is 0 Å². The number of benzene rings is 1. The second kappa shape index (κ2) is 6.47. The van der Waals surface area contributed by atoms with E-state index in [4.69, 9.17) is 0 Å². The molecule has 1 fully saturated rings. The van der Waals surface area contributed by atoms with Gasteiger partial charge in [0.25, 0.3) is 0 Å². The fourth-order valence-electron chi connectivity index (χ4n) is 2.60. The summed E-state index contributed by atoms with van der Waals surface area (Å²) in [6.45, 7) is 3.20. The number of rotatable bonds is 5. The molecular weight excluding hydrogens is 252 g/mol. The molecule has 106 valence electrons. The molecule has 20 heavy (non-hydrogen) atoms. The van der Waals surface area contributed by atoms with E-state index in [0.717, 1.165) is 37.7 Å². The molecular formula is C14H20N6. The normalized spacial score (nSPS) is 18.9. The fraction of sp³-hybridized carbons (Fsp3) is 0.500. The molecule has 0 amide bonds. The summed E-state index contributed by atoms with van der Waals surface area (Å²) >= 11 is 0. The standard InChI is InChI=1S/C14H20N6/c1-2-6-13(7-3-1)20-14(17-18-19-20)16-10-8-12-5-4-9-15-11-12/h1-3,6-7,12,15H,4-5,8-11H2,(H,16,17,19). The third-order valence-corrected chi connectivity index (χ3v) is 3.70. The molecule has 0 aliphatic carbocycles. The van der Waals surface area contributed by atoms with Crippen molar-refractivity contribution in [3.05, 3.63) is 30.3 Å².